The van der Waals surface area contributed by atoms with Gasteiger partial charge in [0.05, 0.1) is 0 Å². The van der Waals surface area contributed by atoms with Gasteiger partial charge in [0.1, 0.15) is 0 Å². The van der Waals surface area contributed by atoms with Crippen molar-refractivity contribution in [1.82, 2.24) is 0 Å². The third kappa shape index (κ3) is 4.31. The van der Waals surface area contributed by atoms with E-state index in [0.717, 1.165) is 11.3 Å². The van der Waals surface area contributed by atoms with E-state index in [2.05, 4.69) is 116 Å². The van der Waals surface area contributed by atoms with E-state index in [-0.39, 0.29) is 21.4 Å². The van der Waals surface area contributed by atoms with Gasteiger partial charge in [0.15, 0.2) is 13.9 Å². The van der Waals surface area contributed by atoms with Gasteiger partial charge in [0.25, 0.3) is 14.2 Å². The number of carbonyl (C=O) groups is 1. The van der Waals surface area contributed by atoms with Crippen molar-refractivity contribution < 1.29 is 9.32 Å². The number of carbonyl (C=O) groups excluding carboxylic acids is 1. The first-order chi connectivity index (χ1) is 13.2. The topological polar surface area (TPSA) is 41.9 Å². The van der Waals surface area contributed by atoms with Gasteiger partial charge in [-0.15, -0.1) is 0 Å². The molecule has 168 valence electrons. The van der Waals surface area contributed by atoms with E-state index in [4.69, 9.17) is 4.53 Å². The Morgan fingerprint density at radius 2 is 1.40 bits per heavy atom. The molecule has 0 aromatic heterocycles. The van der Waals surface area contributed by atoms with Crippen molar-refractivity contribution in [3.05, 3.63) is 29.3 Å². The fourth-order valence-corrected chi connectivity index (χ4v) is 5.67. The molecule has 30 heavy (non-hydrogen) atoms. The van der Waals surface area contributed by atoms with Gasteiger partial charge >= 0.3 is 0 Å². The zero-order chi connectivity index (χ0) is 23.5. The molecule has 0 unspecified atom stereocenters. The highest BCUT2D eigenvalue weighted by atomic mass is 28.4. The maximum absolute atomic E-state index is 13.7. The maximum Gasteiger partial charge on any atom is 0.286 e. The van der Waals surface area contributed by atoms with Crippen LogP contribution in [0.15, 0.2) is 23.4 Å². The standard InChI is InChI=1S/C24H42N2O2Si2/c1-22(2,3)17-14-15-19-18(16-17)20(25-28-30(12,13)24(7,8)9)21(27)26(19)29(10,11)23(4,5)6/h14-16H,1-13H3/b25-20-. The van der Waals surface area contributed by atoms with Gasteiger partial charge in [0.2, 0.25) is 0 Å². The molecule has 0 aliphatic carbocycles. The summed E-state index contributed by atoms with van der Waals surface area (Å²) in [6.07, 6.45) is 0. The highest BCUT2D eigenvalue weighted by molar-refractivity contribution is 6.90. The smallest absolute Gasteiger partial charge is 0.286 e. The Bertz CT molecular complexity index is 867. The van der Waals surface area contributed by atoms with Crippen molar-refractivity contribution in [2.75, 3.05) is 4.57 Å². The molecule has 1 aliphatic rings. The number of hydrogen-bond donors (Lipinski definition) is 0. The first-order valence-corrected chi connectivity index (χ1v) is 16.8. The largest absolute Gasteiger partial charge is 0.454 e. The van der Waals surface area contributed by atoms with E-state index in [1.807, 2.05) is 0 Å². The highest BCUT2D eigenvalue weighted by Crippen LogP contribution is 2.45. The Labute approximate surface area is 186 Å². The lowest BCUT2D eigenvalue weighted by Crippen LogP contribution is -2.57. The molecule has 0 saturated heterocycles. The molecule has 0 bridgehead atoms. The molecule has 0 saturated carbocycles. The quantitative estimate of drug-likeness (QED) is 0.368. The minimum atomic E-state index is -2.14. The van der Waals surface area contributed by atoms with Crippen LogP contribution in [0.1, 0.15) is 73.4 Å². The van der Waals surface area contributed by atoms with Crippen LogP contribution in [0.2, 0.25) is 36.3 Å². The molecule has 1 aromatic rings. The second-order valence-corrected chi connectivity index (χ2v) is 22.5. The second kappa shape index (κ2) is 7.33. The van der Waals surface area contributed by atoms with E-state index in [1.54, 1.807) is 0 Å². The van der Waals surface area contributed by atoms with Crippen LogP contribution in [-0.2, 0) is 14.7 Å². The molecule has 1 heterocycles. The normalized spacial score (nSPS) is 17.6. The number of amides is 1. The van der Waals surface area contributed by atoms with Crippen molar-refractivity contribution in [3.63, 3.8) is 0 Å². The van der Waals surface area contributed by atoms with Crippen LogP contribution in [0.25, 0.3) is 0 Å². The monoisotopic (exact) mass is 446 g/mol. The number of hydrogen-bond acceptors (Lipinski definition) is 3. The molecule has 1 aromatic carbocycles. The van der Waals surface area contributed by atoms with Gasteiger partial charge in [0, 0.05) is 11.3 Å². The van der Waals surface area contributed by atoms with Crippen LogP contribution >= 0.6 is 0 Å². The van der Waals surface area contributed by atoms with Crippen LogP contribution in [0.4, 0.5) is 5.69 Å². The summed E-state index contributed by atoms with van der Waals surface area (Å²) < 4.78 is 8.23. The first-order valence-electron chi connectivity index (χ1n) is 11.0. The molecule has 4 nitrogen and oxygen atoms in total. The zero-order valence-corrected chi connectivity index (χ0v) is 23.4. The molecule has 0 N–H and O–H groups in total. The highest BCUT2D eigenvalue weighted by Gasteiger charge is 2.50. The SMILES string of the molecule is CC(C)(C)c1ccc2c(c1)/C(=N/O[Si](C)(C)C(C)(C)C)C(=O)N2[Si](C)(C)C(C)(C)C. The predicted molar refractivity (Wildman–Crippen MR) is 135 cm³/mol. The lowest BCUT2D eigenvalue weighted by molar-refractivity contribution is -0.111. The third-order valence-electron chi connectivity index (χ3n) is 7.33. The van der Waals surface area contributed by atoms with E-state index in [9.17, 15) is 4.79 Å². The Kier molecular flexibility index (Phi) is 6.08. The summed E-state index contributed by atoms with van der Waals surface area (Å²) in [6.45, 7) is 28.7. The molecular weight excluding hydrogens is 404 g/mol. The molecule has 0 atom stereocenters. The lowest BCUT2D eigenvalue weighted by Gasteiger charge is -2.43. The summed E-state index contributed by atoms with van der Waals surface area (Å²) in [6, 6.07) is 6.42. The van der Waals surface area contributed by atoms with E-state index in [0.29, 0.717) is 5.71 Å². The second-order valence-electron chi connectivity index (χ2n) is 12.7. The summed E-state index contributed by atoms with van der Waals surface area (Å²) in [4.78, 5) is 13.7. The molecule has 6 heteroatoms. The van der Waals surface area contributed by atoms with Gasteiger partial charge in [-0.05, 0) is 46.3 Å². The fourth-order valence-electron chi connectivity index (χ4n) is 2.99. The fraction of sp³-hybridized carbons (Fsp3) is 0.667. The third-order valence-corrected chi connectivity index (χ3v) is 16.7. The minimum Gasteiger partial charge on any atom is -0.454 e. The minimum absolute atomic E-state index is 0.00608. The van der Waals surface area contributed by atoms with Crippen LogP contribution in [0, 0.1) is 0 Å². The van der Waals surface area contributed by atoms with Crippen molar-refractivity contribution in [3.8, 4) is 0 Å². The van der Waals surface area contributed by atoms with Crippen molar-refractivity contribution in [2.45, 2.75) is 104 Å². The van der Waals surface area contributed by atoms with Crippen LogP contribution in [0.5, 0.6) is 0 Å². The van der Waals surface area contributed by atoms with E-state index in [1.165, 1.54) is 5.56 Å². The van der Waals surface area contributed by atoms with Gasteiger partial charge < -0.3 is 9.09 Å². The Balaban J connectivity index is 2.69. The Hall–Kier alpha value is -1.41. The summed E-state index contributed by atoms with van der Waals surface area (Å²) in [5.74, 6) is -0.0126. The summed E-state index contributed by atoms with van der Waals surface area (Å²) >= 11 is 0. The van der Waals surface area contributed by atoms with E-state index < -0.39 is 16.6 Å². The summed E-state index contributed by atoms with van der Waals surface area (Å²) in [5, 5.41) is 4.61. The van der Waals surface area contributed by atoms with Crippen LogP contribution in [0.3, 0.4) is 0 Å². The van der Waals surface area contributed by atoms with Crippen molar-refractivity contribution >= 4 is 33.9 Å². The average molecular weight is 447 g/mol. The summed E-state index contributed by atoms with van der Waals surface area (Å²) in [7, 11) is -4.27. The number of benzene rings is 1. The number of oxime groups is 1. The average Bonchev–Trinajstić information content (AvgIpc) is 2.81. The zero-order valence-electron chi connectivity index (χ0n) is 21.4. The van der Waals surface area contributed by atoms with Gasteiger partial charge in [-0.1, -0.05) is 86.6 Å². The molecule has 2 rings (SSSR count). The Morgan fingerprint density at radius 1 is 0.867 bits per heavy atom. The lowest BCUT2D eigenvalue weighted by atomic mass is 9.86. The molecule has 0 fully saturated rings. The molecule has 1 amide bonds. The van der Waals surface area contributed by atoms with Crippen molar-refractivity contribution in [1.29, 1.82) is 0 Å². The van der Waals surface area contributed by atoms with Gasteiger partial charge in [-0.25, -0.2) is 0 Å². The number of anilines is 1. The maximum atomic E-state index is 13.7. The van der Waals surface area contributed by atoms with Gasteiger partial charge in [-0.2, -0.15) is 0 Å². The first kappa shape index (κ1) is 24.9. The number of rotatable bonds is 3. The molecule has 0 radical (unpaired) electrons. The van der Waals surface area contributed by atoms with Crippen LogP contribution in [-0.4, -0.2) is 28.2 Å². The van der Waals surface area contributed by atoms with Gasteiger partial charge in [-0.3, -0.25) is 4.79 Å². The van der Waals surface area contributed by atoms with Crippen molar-refractivity contribution in [2.24, 2.45) is 5.16 Å². The molecule has 0 spiro atoms. The van der Waals surface area contributed by atoms with Crippen LogP contribution < -0.4 is 4.57 Å². The predicted octanol–water partition coefficient (Wildman–Crippen LogP) is 7.06. The summed E-state index contributed by atoms with van der Waals surface area (Å²) in [5.41, 5.74) is 3.55. The van der Waals surface area contributed by atoms with E-state index >= 15 is 0 Å². The molecular formula is C24H42N2O2Si2. The Morgan fingerprint density at radius 3 is 1.83 bits per heavy atom. The molecule has 1 aliphatic heterocycles. The number of nitrogens with zero attached hydrogens (tertiary/aromatic N) is 2. The number of fused-ring (bicyclic) bond motifs is 1.